The Morgan fingerprint density at radius 3 is 2.68 bits per heavy atom. The van der Waals surface area contributed by atoms with Gasteiger partial charge in [-0.05, 0) is 32.4 Å². The average Bonchev–Trinajstić information content (AvgIpc) is 2.77. The molecule has 3 N–H and O–H groups in total. The summed E-state index contributed by atoms with van der Waals surface area (Å²) in [4.78, 5) is 12.9. The molecule has 0 bridgehead atoms. The molecule has 0 aliphatic carbocycles. The number of rotatable bonds is 7. The van der Waals surface area contributed by atoms with E-state index in [9.17, 15) is 18.0 Å². The number of alkyl halides is 3. The lowest BCUT2D eigenvalue weighted by molar-refractivity contribution is -0.170. The number of nitrogens with zero attached hydrogens (tertiary/aromatic N) is 1. The molecule has 0 saturated carbocycles. The number of hydrogen-bond acceptors (Lipinski definition) is 3. The first-order valence-electron chi connectivity index (χ1n) is 6.66. The first-order valence-corrected chi connectivity index (χ1v) is 6.66. The summed E-state index contributed by atoms with van der Waals surface area (Å²) < 4.78 is 37.5. The molecule has 19 heavy (non-hydrogen) atoms. The fraction of sp³-hybridized carbons (Fsp3) is 0.917. The normalized spacial score (nSPS) is 22.6. The van der Waals surface area contributed by atoms with Crippen molar-refractivity contribution in [3.05, 3.63) is 0 Å². The van der Waals surface area contributed by atoms with Crippen molar-refractivity contribution >= 4 is 5.91 Å². The van der Waals surface area contributed by atoms with E-state index in [0.29, 0.717) is 26.1 Å². The van der Waals surface area contributed by atoms with Crippen LogP contribution in [0.1, 0.15) is 26.2 Å². The molecule has 1 saturated heterocycles. The molecule has 0 aromatic heterocycles. The lowest BCUT2D eigenvalue weighted by Gasteiger charge is -2.21. The van der Waals surface area contributed by atoms with E-state index in [4.69, 9.17) is 5.73 Å². The molecular formula is C12H22F3N3O. The van der Waals surface area contributed by atoms with Crippen molar-refractivity contribution in [2.45, 2.75) is 38.4 Å². The van der Waals surface area contributed by atoms with Crippen LogP contribution in [-0.4, -0.2) is 49.2 Å². The molecule has 7 heteroatoms. The average molecular weight is 281 g/mol. The Labute approximate surface area is 111 Å². The van der Waals surface area contributed by atoms with Gasteiger partial charge in [-0.2, -0.15) is 13.2 Å². The molecule has 0 spiro atoms. The number of hydrogen-bond donors (Lipinski definition) is 2. The summed E-state index contributed by atoms with van der Waals surface area (Å²) in [6, 6.07) is -0.454. The zero-order chi connectivity index (χ0) is 14.5. The summed E-state index contributed by atoms with van der Waals surface area (Å²) in [5, 5.41) is 3.01. The Morgan fingerprint density at radius 2 is 2.21 bits per heavy atom. The van der Waals surface area contributed by atoms with Crippen LogP contribution in [0.15, 0.2) is 0 Å². The van der Waals surface area contributed by atoms with E-state index in [-0.39, 0.29) is 13.0 Å². The fourth-order valence-electron chi connectivity index (χ4n) is 2.28. The van der Waals surface area contributed by atoms with Crippen molar-refractivity contribution in [3.63, 3.8) is 0 Å². The first-order chi connectivity index (χ1) is 8.84. The molecule has 1 rings (SSSR count). The van der Waals surface area contributed by atoms with Gasteiger partial charge in [-0.15, -0.1) is 0 Å². The van der Waals surface area contributed by atoms with Gasteiger partial charge in [-0.1, -0.05) is 6.92 Å². The maximum Gasteiger partial charge on any atom is 0.393 e. The predicted molar refractivity (Wildman–Crippen MR) is 66.5 cm³/mol. The minimum Gasteiger partial charge on any atom is -0.368 e. The van der Waals surface area contributed by atoms with E-state index >= 15 is 0 Å². The zero-order valence-corrected chi connectivity index (χ0v) is 11.2. The summed E-state index contributed by atoms with van der Waals surface area (Å²) >= 11 is 0. The topological polar surface area (TPSA) is 58.4 Å². The fourth-order valence-corrected chi connectivity index (χ4v) is 2.28. The third-order valence-electron chi connectivity index (χ3n) is 3.45. The summed E-state index contributed by atoms with van der Waals surface area (Å²) in [7, 11) is 0. The Balaban J connectivity index is 2.34. The smallest absolute Gasteiger partial charge is 0.368 e. The number of likely N-dealkylation sites (tertiary alicyclic amines) is 1. The summed E-state index contributed by atoms with van der Waals surface area (Å²) in [5.41, 5.74) is 5.26. The molecule has 1 aliphatic rings. The minimum absolute atomic E-state index is 0.0305. The highest BCUT2D eigenvalue weighted by Crippen LogP contribution is 2.33. The van der Waals surface area contributed by atoms with Crippen LogP contribution in [0, 0.1) is 5.92 Å². The molecular weight excluding hydrogens is 259 g/mol. The highest BCUT2D eigenvalue weighted by atomic mass is 19.4. The maximum atomic E-state index is 12.5. The monoisotopic (exact) mass is 281 g/mol. The SMILES string of the molecule is CCCNC(CCN1CCC(C(F)(F)F)C1)C(N)=O. The maximum absolute atomic E-state index is 12.5. The number of amides is 1. The molecule has 0 aromatic rings. The Hall–Kier alpha value is -0.820. The number of carbonyl (C=O) groups excluding carboxylic acids is 1. The van der Waals surface area contributed by atoms with Crippen LogP contribution in [0.5, 0.6) is 0 Å². The van der Waals surface area contributed by atoms with Crippen LogP contribution < -0.4 is 11.1 Å². The van der Waals surface area contributed by atoms with Gasteiger partial charge in [-0.3, -0.25) is 4.79 Å². The van der Waals surface area contributed by atoms with Gasteiger partial charge < -0.3 is 16.0 Å². The molecule has 1 amide bonds. The molecule has 0 radical (unpaired) electrons. The second-order valence-corrected chi connectivity index (χ2v) is 5.03. The van der Waals surface area contributed by atoms with E-state index in [1.165, 1.54) is 0 Å². The molecule has 0 aromatic carbocycles. The van der Waals surface area contributed by atoms with Crippen molar-refractivity contribution in [3.8, 4) is 0 Å². The van der Waals surface area contributed by atoms with Crippen molar-refractivity contribution in [1.82, 2.24) is 10.2 Å². The Bertz CT molecular complexity index is 296. The third kappa shape index (κ3) is 5.36. The van der Waals surface area contributed by atoms with Crippen molar-refractivity contribution in [1.29, 1.82) is 0 Å². The molecule has 1 heterocycles. The number of carbonyl (C=O) groups is 1. The van der Waals surface area contributed by atoms with E-state index in [2.05, 4.69) is 5.32 Å². The van der Waals surface area contributed by atoms with Crippen LogP contribution >= 0.6 is 0 Å². The van der Waals surface area contributed by atoms with Crippen LogP contribution in [0.2, 0.25) is 0 Å². The Kier molecular flexibility index (Phi) is 6.06. The van der Waals surface area contributed by atoms with Crippen molar-refractivity contribution in [2.24, 2.45) is 11.7 Å². The van der Waals surface area contributed by atoms with Crippen LogP contribution in [0.4, 0.5) is 13.2 Å². The standard InChI is InChI=1S/C12H22F3N3O/c1-2-5-17-10(11(16)19)4-7-18-6-3-9(8-18)12(13,14)15/h9-10,17H,2-8H2,1H3,(H2,16,19). The molecule has 112 valence electrons. The largest absolute Gasteiger partial charge is 0.393 e. The quantitative estimate of drug-likeness (QED) is 0.735. The minimum atomic E-state index is -4.11. The lowest BCUT2D eigenvalue weighted by atomic mass is 10.1. The van der Waals surface area contributed by atoms with Gasteiger partial charge in [0.05, 0.1) is 12.0 Å². The molecule has 2 unspecified atom stereocenters. The van der Waals surface area contributed by atoms with Crippen molar-refractivity contribution in [2.75, 3.05) is 26.2 Å². The van der Waals surface area contributed by atoms with Gasteiger partial charge in [0.25, 0.3) is 0 Å². The number of primary amides is 1. The molecule has 2 atom stereocenters. The molecule has 4 nitrogen and oxygen atoms in total. The second-order valence-electron chi connectivity index (χ2n) is 5.03. The summed E-state index contributed by atoms with van der Waals surface area (Å²) in [6.45, 7) is 3.58. The summed E-state index contributed by atoms with van der Waals surface area (Å²) in [5.74, 6) is -1.68. The summed E-state index contributed by atoms with van der Waals surface area (Å²) in [6.07, 6.45) is -2.63. The van der Waals surface area contributed by atoms with Gasteiger partial charge in [0, 0.05) is 13.1 Å². The number of nitrogens with two attached hydrogens (primary N) is 1. The Morgan fingerprint density at radius 1 is 1.53 bits per heavy atom. The van der Waals surface area contributed by atoms with Gasteiger partial charge in [0.1, 0.15) is 0 Å². The first kappa shape index (κ1) is 16.2. The van der Waals surface area contributed by atoms with E-state index in [1.807, 2.05) is 6.92 Å². The van der Waals surface area contributed by atoms with Crippen LogP contribution in [-0.2, 0) is 4.79 Å². The van der Waals surface area contributed by atoms with Gasteiger partial charge >= 0.3 is 6.18 Å². The highest BCUT2D eigenvalue weighted by Gasteiger charge is 2.43. The third-order valence-corrected chi connectivity index (χ3v) is 3.45. The van der Waals surface area contributed by atoms with Gasteiger partial charge in [-0.25, -0.2) is 0 Å². The molecule has 1 aliphatic heterocycles. The van der Waals surface area contributed by atoms with Crippen LogP contribution in [0.3, 0.4) is 0 Å². The van der Waals surface area contributed by atoms with E-state index in [0.717, 1.165) is 6.42 Å². The van der Waals surface area contributed by atoms with Crippen molar-refractivity contribution < 1.29 is 18.0 Å². The van der Waals surface area contributed by atoms with Gasteiger partial charge in [0.2, 0.25) is 5.91 Å². The predicted octanol–water partition coefficient (Wildman–Crippen LogP) is 1.11. The zero-order valence-electron chi connectivity index (χ0n) is 11.2. The highest BCUT2D eigenvalue weighted by molar-refractivity contribution is 5.79. The lowest BCUT2D eigenvalue weighted by Crippen LogP contribution is -2.43. The number of nitrogens with one attached hydrogen (secondary N) is 1. The van der Waals surface area contributed by atoms with E-state index in [1.54, 1.807) is 4.90 Å². The van der Waals surface area contributed by atoms with E-state index < -0.39 is 24.0 Å². The number of halogens is 3. The molecule has 1 fully saturated rings. The second kappa shape index (κ2) is 7.09. The van der Waals surface area contributed by atoms with Gasteiger partial charge in [0.15, 0.2) is 0 Å². The van der Waals surface area contributed by atoms with Crippen LogP contribution in [0.25, 0.3) is 0 Å².